The van der Waals surface area contributed by atoms with E-state index in [1.807, 2.05) is 37.7 Å². The fraction of sp³-hybridized carbons (Fsp3) is 0.188. The van der Waals surface area contributed by atoms with Crippen molar-refractivity contribution in [2.45, 2.75) is 13.0 Å². The molecule has 0 saturated heterocycles. The van der Waals surface area contributed by atoms with Crippen LogP contribution in [-0.4, -0.2) is 12.0 Å². The van der Waals surface area contributed by atoms with Crippen molar-refractivity contribution in [3.63, 3.8) is 0 Å². The molecule has 0 amide bonds. The first-order valence-corrected chi connectivity index (χ1v) is 7.33. The van der Waals surface area contributed by atoms with Crippen molar-refractivity contribution < 1.29 is 4.39 Å². The number of hydrogen-bond donors (Lipinski definition) is 1. The summed E-state index contributed by atoms with van der Waals surface area (Å²) in [5.41, 5.74) is 3.89. The molecule has 2 aromatic heterocycles. The molecule has 0 spiro atoms. The molecular formula is C16H15FN2S. The molecule has 0 aliphatic heterocycles. The molecule has 0 fully saturated rings. The lowest BCUT2D eigenvalue weighted by molar-refractivity contribution is 0.615. The number of nitrogens with one attached hydrogen (secondary N) is 1. The fourth-order valence-electron chi connectivity index (χ4n) is 2.48. The van der Waals surface area contributed by atoms with Gasteiger partial charge in [-0.3, -0.25) is 4.98 Å². The largest absolute Gasteiger partial charge is 0.309 e. The van der Waals surface area contributed by atoms with Crippen molar-refractivity contribution in [1.29, 1.82) is 0 Å². The molecule has 1 atom stereocenters. The molecule has 3 rings (SSSR count). The smallest absolute Gasteiger partial charge is 0.123 e. The second kappa shape index (κ2) is 5.31. The van der Waals surface area contributed by atoms with Gasteiger partial charge in [0.05, 0.1) is 16.3 Å². The number of nitrogens with zero attached hydrogens (tertiary/aromatic N) is 1. The summed E-state index contributed by atoms with van der Waals surface area (Å²) in [6, 6.07) is 9.19. The average Bonchev–Trinajstić information content (AvgIpc) is 2.86. The quantitative estimate of drug-likeness (QED) is 0.785. The topological polar surface area (TPSA) is 24.9 Å². The van der Waals surface area contributed by atoms with Gasteiger partial charge in [0.15, 0.2) is 0 Å². The summed E-state index contributed by atoms with van der Waals surface area (Å²) >= 11 is 1.67. The first-order valence-electron chi connectivity index (χ1n) is 6.45. The van der Waals surface area contributed by atoms with E-state index in [1.165, 1.54) is 6.07 Å². The first kappa shape index (κ1) is 13.2. The van der Waals surface area contributed by atoms with Gasteiger partial charge in [-0.05, 0) is 60.3 Å². The summed E-state index contributed by atoms with van der Waals surface area (Å²) < 4.78 is 14.8. The van der Waals surface area contributed by atoms with Gasteiger partial charge in [-0.1, -0.05) is 6.07 Å². The summed E-state index contributed by atoms with van der Waals surface area (Å²) in [5, 5.41) is 5.27. The van der Waals surface area contributed by atoms with Gasteiger partial charge >= 0.3 is 0 Å². The second-order valence-electron chi connectivity index (χ2n) is 4.86. The number of pyridine rings is 1. The van der Waals surface area contributed by atoms with Crippen LogP contribution in [-0.2, 0) is 0 Å². The Bertz CT molecular complexity index is 731. The zero-order chi connectivity index (χ0) is 14.1. The van der Waals surface area contributed by atoms with Gasteiger partial charge < -0.3 is 5.32 Å². The molecular weight excluding hydrogens is 271 g/mol. The number of halogens is 1. The molecule has 20 heavy (non-hydrogen) atoms. The number of benzene rings is 1. The second-order valence-corrected chi connectivity index (χ2v) is 5.80. The van der Waals surface area contributed by atoms with E-state index in [4.69, 9.17) is 0 Å². The summed E-state index contributed by atoms with van der Waals surface area (Å²) in [5.74, 6) is -0.203. The Hall–Kier alpha value is -1.78. The highest BCUT2D eigenvalue weighted by atomic mass is 32.1. The summed E-state index contributed by atoms with van der Waals surface area (Å²) in [6.07, 6.45) is 1.86. The predicted molar refractivity (Wildman–Crippen MR) is 81.7 cm³/mol. The molecule has 2 nitrogen and oxygen atoms in total. The lowest BCUT2D eigenvalue weighted by Crippen LogP contribution is -2.18. The van der Waals surface area contributed by atoms with Crippen LogP contribution in [0.2, 0.25) is 0 Å². The van der Waals surface area contributed by atoms with E-state index in [-0.39, 0.29) is 11.9 Å². The van der Waals surface area contributed by atoms with Gasteiger partial charge in [0.2, 0.25) is 0 Å². The lowest BCUT2D eigenvalue weighted by Gasteiger charge is -2.17. The third-order valence-corrected chi connectivity index (χ3v) is 4.20. The van der Waals surface area contributed by atoms with Crippen molar-refractivity contribution >= 4 is 21.6 Å². The van der Waals surface area contributed by atoms with Gasteiger partial charge in [0.25, 0.3) is 0 Å². The molecule has 1 N–H and O–H groups in total. The normalized spacial score (nSPS) is 12.8. The van der Waals surface area contributed by atoms with Crippen LogP contribution in [0.5, 0.6) is 0 Å². The highest BCUT2D eigenvalue weighted by Crippen LogP contribution is 2.27. The Labute approximate surface area is 121 Å². The molecule has 102 valence electrons. The van der Waals surface area contributed by atoms with Crippen molar-refractivity contribution in [3.05, 3.63) is 64.4 Å². The maximum atomic E-state index is 13.6. The lowest BCUT2D eigenvalue weighted by atomic mass is 9.98. The SMILES string of the molecule is CNC(c1cc(C)cc(F)c1)c1cnc2ccsc2c1. The van der Waals surface area contributed by atoms with Crippen LogP contribution in [0.4, 0.5) is 4.39 Å². The van der Waals surface area contributed by atoms with Crippen molar-refractivity contribution in [1.82, 2.24) is 10.3 Å². The first-order chi connectivity index (χ1) is 9.67. The maximum absolute atomic E-state index is 13.6. The number of aromatic nitrogens is 1. The third-order valence-electron chi connectivity index (χ3n) is 3.34. The maximum Gasteiger partial charge on any atom is 0.123 e. The van der Waals surface area contributed by atoms with E-state index < -0.39 is 0 Å². The van der Waals surface area contributed by atoms with E-state index >= 15 is 0 Å². The highest BCUT2D eigenvalue weighted by Gasteiger charge is 2.14. The zero-order valence-corrected chi connectivity index (χ0v) is 12.2. The molecule has 3 aromatic rings. The van der Waals surface area contributed by atoms with E-state index in [0.717, 1.165) is 26.9 Å². The van der Waals surface area contributed by atoms with Crippen LogP contribution in [0.15, 0.2) is 41.9 Å². The van der Waals surface area contributed by atoms with Gasteiger partial charge in [0.1, 0.15) is 5.82 Å². The van der Waals surface area contributed by atoms with Gasteiger partial charge in [-0.15, -0.1) is 11.3 Å². The molecule has 1 unspecified atom stereocenters. The number of aryl methyl sites for hydroxylation is 1. The van der Waals surface area contributed by atoms with E-state index in [2.05, 4.69) is 16.4 Å². The molecule has 0 saturated carbocycles. The minimum Gasteiger partial charge on any atom is -0.309 e. The van der Waals surface area contributed by atoms with E-state index in [1.54, 1.807) is 17.4 Å². The van der Waals surface area contributed by atoms with Crippen LogP contribution in [0, 0.1) is 12.7 Å². The predicted octanol–water partition coefficient (Wildman–Crippen LogP) is 4.05. The molecule has 1 aromatic carbocycles. The van der Waals surface area contributed by atoms with Crippen LogP contribution in [0.25, 0.3) is 10.2 Å². The fourth-order valence-corrected chi connectivity index (χ4v) is 3.27. The standard InChI is InChI=1S/C16H15FN2S/c1-10-5-11(7-13(17)6-10)16(18-2)12-8-15-14(19-9-12)3-4-20-15/h3-9,16,18H,1-2H3. The third kappa shape index (κ3) is 2.44. The molecule has 4 heteroatoms. The minimum absolute atomic E-state index is 0.0524. The summed E-state index contributed by atoms with van der Waals surface area (Å²) in [4.78, 5) is 4.46. The number of fused-ring (bicyclic) bond motifs is 1. The van der Waals surface area contributed by atoms with Gasteiger partial charge in [-0.25, -0.2) is 4.39 Å². The van der Waals surface area contributed by atoms with Gasteiger partial charge in [0, 0.05) is 6.20 Å². The van der Waals surface area contributed by atoms with Gasteiger partial charge in [-0.2, -0.15) is 0 Å². The molecule has 0 bridgehead atoms. The van der Waals surface area contributed by atoms with Crippen molar-refractivity contribution in [2.24, 2.45) is 0 Å². The Morgan fingerprint density at radius 3 is 2.80 bits per heavy atom. The molecule has 0 aliphatic carbocycles. The number of thiophene rings is 1. The Morgan fingerprint density at radius 1 is 1.20 bits per heavy atom. The Morgan fingerprint density at radius 2 is 2.05 bits per heavy atom. The monoisotopic (exact) mass is 286 g/mol. The average molecular weight is 286 g/mol. The Kier molecular flexibility index (Phi) is 3.51. The summed E-state index contributed by atoms with van der Waals surface area (Å²) in [6.45, 7) is 1.90. The highest BCUT2D eigenvalue weighted by molar-refractivity contribution is 7.17. The minimum atomic E-state index is -0.203. The van der Waals surface area contributed by atoms with Crippen LogP contribution >= 0.6 is 11.3 Å². The van der Waals surface area contributed by atoms with Crippen LogP contribution in [0.1, 0.15) is 22.7 Å². The molecule has 2 heterocycles. The number of rotatable bonds is 3. The van der Waals surface area contributed by atoms with Crippen molar-refractivity contribution in [2.75, 3.05) is 7.05 Å². The van der Waals surface area contributed by atoms with Crippen LogP contribution in [0.3, 0.4) is 0 Å². The van der Waals surface area contributed by atoms with Crippen molar-refractivity contribution in [3.8, 4) is 0 Å². The van der Waals surface area contributed by atoms with Crippen LogP contribution < -0.4 is 5.32 Å². The molecule has 0 aliphatic rings. The molecule has 0 radical (unpaired) electrons. The Balaban J connectivity index is 2.07. The number of hydrogen-bond acceptors (Lipinski definition) is 3. The van der Waals surface area contributed by atoms with E-state index in [0.29, 0.717) is 0 Å². The summed E-state index contributed by atoms with van der Waals surface area (Å²) in [7, 11) is 1.88. The van der Waals surface area contributed by atoms with E-state index in [9.17, 15) is 4.39 Å². The zero-order valence-electron chi connectivity index (χ0n) is 11.4.